The second kappa shape index (κ2) is 6.33. The van der Waals surface area contributed by atoms with E-state index in [9.17, 15) is 0 Å². The van der Waals surface area contributed by atoms with Crippen molar-refractivity contribution < 1.29 is 4.74 Å². The largest absolute Gasteiger partial charge is 0.487 e. The van der Waals surface area contributed by atoms with Gasteiger partial charge in [-0.1, -0.05) is 54.1 Å². The molecule has 0 unspecified atom stereocenters. The second-order valence-corrected chi connectivity index (χ2v) is 5.27. The molecule has 0 aliphatic heterocycles. The van der Waals surface area contributed by atoms with Gasteiger partial charge in [0.05, 0.1) is 17.1 Å². The lowest BCUT2D eigenvalue weighted by Crippen LogP contribution is -1.99. The van der Waals surface area contributed by atoms with Gasteiger partial charge in [0, 0.05) is 5.39 Å². The van der Waals surface area contributed by atoms with Gasteiger partial charge in [-0.2, -0.15) is 0 Å². The Morgan fingerprint density at radius 2 is 1.67 bits per heavy atom. The lowest BCUT2D eigenvalue weighted by molar-refractivity contribution is 0.310. The highest BCUT2D eigenvalue weighted by molar-refractivity contribution is 6.34. The summed E-state index contributed by atoms with van der Waals surface area (Å²) in [5.74, 6) is 0.896. The van der Waals surface area contributed by atoms with E-state index in [0.717, 1.165) is 16.5 Å². The summed E-state index contributed by atoms with van der Waals surface area (Å²) in [5, 5.41) is 1.38. The Kier molecular flexibility index (Phi) is 4.28. The Morgan fingerprint density at radius 1 is 0.952 bits per heavy atom. The number of hydrogen-bond donors (Lipinski definition) is 0. The predicted molar refractivity (Wildman–Crippen MR) is 87.1 cm³/mol. The number of para-hydroxylation sites is 1. The molecule has 0 saturated carbocycles. The molecule has 2 aromatic carbocycles. The van der Waals surface area contributed by atoms with Crippen LogP contribution in [0.1, 0.15) is 11.3 Å². The van der Waals surface area contributed by atoms with E-state index in [1.165, 1.54) is 0 Å². The van der Waals surface area contributed by atoms with Crippen molar-refractivity contribution in [3.05, 3.63) is 70.9 Å². The second-order valence-electron chi connectivity index (χ2n) is 4.63. The van der Waals surface area contributed by atoms with Crippen LogP contribution in [0.25, 0.3) is 10.9 Å². The fraction of sp³-hybridized carbons (Fsp3) is 0.118. The lowest BCUT2D eigenvalue weighted by atomic mass is 10.2. The van der Waals surface area contributed by atoms with Crippen LogP contribution in [0.4, 0.5) is 0 Å². The number of halogens is 2. The van der Waals surface area contributed by atoms with Gasteiger partial charge >= 0.3 is 0 Å². The van der Waals surface area contributed by atoms with Gasteiger partial charge in [0.15, 0.2) is 0 Å². The minimum absolute atomic E-state index is 0.255. The number of alkyl halides is 1. The number of nitrogens with zero attached hydrogens (tertiary/aromatic N) is 1. The summed E-state index contributed by atoms with van der Waals surface area (Å²) in [5.41, 5.74) is 2.56. The average molecular weight is 318 g/mol. The number of benzene rings is 2. The number of ether oxygens (including phenoxy) is 1. The van der Waals surface area contributed by atoms with E-state index in [1.54, 1.807) is 0 Å². The lowest BCUT2D eigenvalue weighted by Gasteiger charge is -2.13. The van der Waals surface area contributed by atoms with Crippen LogP contribution in [0.2, 0.25) is 5.02 Å². The molecule has 4 heteroatoms. The SMILES string of the molecule is ClCc1nc2ccccc2c(OCc2ccccc2)c1Cl. The normalized spacial score (nSPS) is 10.8. The quantitative estimate of drug-likeness (QED) is 0.616. The van der Waals surface area contributed by atoms with Crippen LogP contribution in [0.5, 0.6) is 5.75 Å². The van der Waals surface area contributed by atoms with Gasteiger partial charge in [-0.3, -0.25) is 0 Å². The summed E-state index contributed by atoms with van der Waals surface area (Å²) in [6, 6.07) is 17.7. The molecule has 0 aliphatic rings. The molecule has 0 amide bonds. The first-order valence-electron chi connectivity index (χ1n) is 6.59. The molecule has 0 aliphatic carbocycles. The zero-order valence-electron chi connectivity index (χ0n) is 11.2. The molecule has 0 spiro atoms. The molecule has 3 aromatic rings. The third kappa shape index (κ3) is 2.97. The minimum atomic E-state index is 0.255. The van der Waals surface area contributed by atoms with Crippen molar-refractivity contribution in [2.45, 2.75) is 12.5 Å². The van der Waals surface area contributed by atoms with Crippen molar-refractivity contribution >= 4 is 34.1 Å². The third-order valence-electron chi connectivity index (χ3n) is 3.21. The molecule has 2 nitrogen and oxygen atoms in total. The molecule has 21 heavy (non-hydrogen) atoms. The van der Waals surface area contributed by atoms with Crippen LogP contribution in [0.3, 0.4) is 0 Å². The molecule has 3 rings (SSSR count). The highest BCUT2D eigenvalue weighted by Gasteiger charge is 2.14. The maximum atomic E-state index is 6.38. The van der Waals surface area contributed by atoms with Crippen molar-refractivity contribution in [3.63, 3.8) is 0 Å². The summed E-state index contributed by atoms with van der Waals surface area (Å²) in [4.78, 5) is 4.47. The Morgan fingerprint density at radius 3 is 2.43 bits per heavy atom. The van der Waals surface area contributed by atoms with E-state index in [1.807, 2.05) is 54.6 Å². The van der Waals surface area contributed by atoms with E-state index in [0.29, 0.717) is 23.1 Å². The number of pyridine rings is 1. The summed E-state index contributed by atoms with van der Waals surface area (Å²) in [7, 11) is 0. The third-order valence-corrected chi connectivity index (χ3v) is 3.85. The van der Waals surface area contributed by atoms with Gasteiger partial charge in [-0.15, -0.1) is 11.6 Å². The summed E-state index contributed by atoms with van der Waals surface area (Å²) >= 11 is 12.3. The molecule has 0 radical (unpaired) electrons. The van der Waals surface area contributed by atoms with Gasteiger partial charge in [0.25, 0.3) is 0 Å². The summed E-state index contributed by atoms with van der Waals surface area (Å²) < 4.78 is 5.95. The highest BCUT2D eigenvalue weighted by atomic mass is 35.5. The Bertz CT molecular complexity index is 759. The maximum Gasteiger partial charge on any atom is 0.149 e. The predicted octanol–water partition coefficient (Wildman–Crippen LogP) is 5.21. The monoisotopic (exact) mass is 317 g/mol. The van der Waals surface area contributed by atoms with Gasteiger partial charge in [0.1, 0.15) is 17.4 Å². The molecule has 0 saturated heterocycles. The molecule has 106 valence electrons. The fourth-order valence-electron chi connectivity index (χ4n) is 2.17. The molecule has 0 atom stereocenters. The van der Waals surface area contributed by atoms with Gasteiger partial charge in [-0.25, -0.2) is 4.98 Å². The summed E-state index contributed by atoms with van der Waals surface area (Å²) in [6.45, 7) is 0.455. The molecular weight excluding hydrogens is 305 g/mol. The average Bonchev–Trinajstić information content (AvgIpc) is 2.54. The molecular formula is C17H13Cl2NO. The molecule has 0 fully saturated rings. The molecule has 1 aromatic heterocycles. The van der Waals surface area contributed by atoms with Crippen LogP contribution >= 0.6 is 23.2 Å². The highest BCUT2D eigenvalue weighted by Crippen LogP contribution is 2.35. The Hall–Kier alpha value is -1.77. The zero-order valence-corrected chi connectivity index (χ0v) is 12.7. The fourth-order valence-corrected chi connectivity index (χ4v) is 2.69. The Labute approximate surface area is 133 Å². The van der Waals surface area contributed by atoms with Crippen molar-refractivity contribution in [2.75, 3.05) is 0 Å². The molecule has 0 N–H and O–H groups in total. The van der Waals surface area contributed by atoms with Gasteiger partial charge in [0.2, 0.25) is 0 Å². The molecule has 1 heterocycles. The van der Waals surface area contributed by atoms with Crippen molar-refractivity contribution in [1.82, 2.24) is 4.98 Å². The van der Waals surface area contributed by atoms with Gasteiger partial charge in [-0.05, 0) is 17.7 Å². The van der Waals surface area contributed by atoms with Crippen LogP contribution in [-0.2, 0) is 12.5 Å². The van der Waals surface area contributed by atoms with Gasteiger partial charge < -0.3 is 4.74 Å². The van der Waals surface area contributed by atoms with Crippen molar-refractivity contribution in [2.24, 2.45) is 0 Å². The minimum Gasteiger partial charge on any atom is -0.487 e. The van der Waals surface area contributed by atoms with Crippen LogP contribution in [0, 0.1) is 0 Å². The summed E-state index contributed by atoms with van der Waals surface area (Å²) in [6.07, 6.45) is 0. The van der Waals surface area contributed by atoms with E-state index in [2.05, 4.69) is 4.98 Å². The maximum absolute atomic E-state index is 6.38. The number of hydrogen-bond acceptors (Lipinski definition) is 2. The van der Waals surface area contributed by atoms with E-state index < -0.39 is 0 Å². The first kappa shape index (κ1) is 14.2. The van der Waals surface area contributed by atoms with E-state index in [-0.39, 0.29) is 5.88 Å². The van der Waals surface area contributed by atoms with E-state index in [4.69, 9.17) is 27.9 Å². The first-order valence-corrected chi connectivity index (χ1v) is 7.50. The topological polar surface area (TPSA) is 22.1 Å². The van der Waals surface area contributed by atoms with Crippen molar-refractivity contribution in [1.29, 1.82) is 0 Å². The molecule has 0 bridgehead atoms. The number of aromatic nitrogens is 1. The zero-order chi connectivity index (χ0) is 14.7. The Balaban J connectivity index is 2.01. The van der Waals surface area contributed by atoms with Crippen LogP contribution in [-0.4, -0.2) is 4.98 Å². The smallest absolute Gasteiger partial charge is 0.149 e. The van der Waals surface area contributed by atoms with Crippen LogP contribution in [0.15, 0.2) is 54.6 Å². The number of fused-ring (bicyclic) bond motifs is 1. The van der Waals surface area contributed by atoms with Crippen molar-refractivity contribution in [3.8, 4) is 5.75 Å². The standard InChI is InChI=1S/C17H13Cl2NO/c18-10-15-16(19)17(13-8-4-5-9-14(13)20-15)21-11-12-6-2-1-3-7-12/h1-9H,10-11H2. The van der Waals surface area contributed by atoms with E-state index >= 15 is 0 Å². The number of rotatable bonds is 4. The first-order chi connectivity index (χ1) is 10.3. The van der Waals surface area contributed by atoms with Crippen LogP contribution < -0.4 is 4.74 Å².